The van der Waals surface area contributed by atoms with Crippen molar-refractivity contribution in [3.63, 3.8) is 0 Å². The van der Waals surface area contributed by atoms with E-state index in [1.807, 2.05) is 6.07 Å². The van der Waals surface area contributed by atoms with Crippen LogP contribution in [0.15, 0.2) is 72.0 Å². The Hall–Kier alpha value is -3.33. The molecule has 9 heteroatoms. The highest BCUT2D eigenvalue weighted by Crippen LogP contribution is 2.32. The first-order valence-corrected chi connectivity index (χ1v) is 14.5. The van der Waals surface area contributed by atoms with Gasteiger partial charge in [0.25, 0.3) is 5.91 Å². The fraction of sp³-hybridized carbons (Fsp3) is 0.280. The maximum Gasteiger partial charge on any atom is 0.416 e. The molecule has 0 spiro atoms. The van der Waals surface area contributed by atoms with Gasteiger partial charge in [-0.2, -0.15) is 13.2 Å². The summed E-state index contributed by atoms with van der Waals surface area (Å²) in [5.41, 5.74) is 0.417. The lowest BCUT2D eigenvalue weighted by Crippen LogP contribution is -2.30. The van der Waals surface area contributed by atoms with Crippen molar-refractivity contribution >= 4 is 25.6 Å². The fourth-order valence-electron chi connectivity index (χ4n) is 3.36. The van der Waals surface area contributed by atoms with Crippen LogP contribution in [0, 0.1) is 0 Å². The molecule has 2 aromatic carbocycles. The molecule has 0 radical (unpaired) electrons. The van der Waals surface area contributed by atoms with Crippen molar-refractivity contribution in [3.05, 3.63) is 77.5 Å². The Balaban J connectivity index is 1.90. The number of carbonyl (C=O) groups is 2. The standard InChI is InChI=1S/C25H27F3N2O3Si/c1-34(2,3)14-13-33-24(32)19-10-9-18(15-20(19)17-7-5-4-6-8-17)30-23(31)21-16-29-12-11-22(21)25(26,27)28/h4-12,15,29H,13-14,16H2,1-3H3,(H,30,31). The van der Waals surface area contributed by atoms with Crippen LogP contribution in [-0.4, -0.2) is 39.3 Å². The molecule has 0 aromatic heterocycles. The number of rotatable bonds is 7. The van der Waals surface area contributed by atoms with E-state index in [0.717, 1.165) is 18.3 Å². The predicted molar refractivity (Wildman–Crippen MR) is 129 cm³/mol. The molecule has 2 N–H and O–H groups in total. The Bertz CT molecular complexity index is 1120. The lowest BCUT2D eigenvalue weighted by Gasteiger charge is -2.19. The van der Waals surface area contributed by atoms with E-state index in [1.54, 1.807) is 30.3 Å². The minimum Gasteiger partial charge on any atom is -0.462 e. The van der Waals surface area contributed by atoms with Gasteiger partial charge in [-0.05, 0) is 47.6 Å². The zero-order valence-corrected chi connectivity index (χ0v) is 20.3. The number of ether oxygens (including phenoxy) is 1. The van der Waals surface area contributed by atoms with Crippen molar-refractivity contribution in [1.82, 2.24) is 5.32 Å². The quantitative estimate of drug-likeness (QED) is 0.384. The average molecular weight is 489 g/mol. The summed E-state index contributed by atoms with van der Waals surface area (Å²) in [6.07, 6.45) is -2.65. The van der Waals surface area contributed by atoms with E-state index in [4.69, 9.17) is 4.74 Å². The molecule has 0 aliphatic carbocycles. The second-order valence-corrected chi connectivity index (χ2v) is 14.8. The van der Waals surface area contributed by atoms with Crippen LogP contribution in [0.3, 0.4) is 0 Å². The second kappa shape index (κ2) is 10.3. The first-order chi connectivity index (χ1) is 16.0. The van der Waals surface area contributed by atoms with Crippen LogP contribution in [0.5, 0.6) is 0 Å². The number of dihydropyridines is 1. The molecular formula is C25H27F3N2O3Si. The van der Waals surface area contributed by atoms with Gasteiger partial charge in [0.05, 0.1) is 17.7 Å². The number of amides is 1. The number of hydrogen-bond donors (Lipinski definition) is 2. The van der Waals surface area contributed by atoms with Gasteiger partial charge in [-0.25, -0.2) is 4.79 Å². The van der Waals surface area contributed by atoms with Gasteiger partial charge in [0.2, 0.25) is 0 Å². The number of benzene rings is 2. The van der Waals surface area contributed by atoms with Gasteiger partial charge in [-0.3, -0.25) is 4.79 Å². The predicted octanol–water partition coefficient (Wildman–Crippen LogP) is 5.76. The first-order valence-electron chi connectivity index (χ1n) is 10.8. The molecule has 34 heavy (non-hydrogen) atoms. The van der Waals surface area contributed by atoms with Gasteiger partial charge in [-0.1, -0.05) is 50.0 Å². The number of allylic oxidation sites excluding steroid dienone is 2. The molecule has 0 fully saturated rings. The summed E-state index contributed by atoms with van der Waals surface area (Å²) in [5.74, 6) is -1.35. The Morgan fingerprint density at radius 2 is 1.79 bits per heavy atom. The lowest BCUT2D eigenvalue weighted by molar-refractivity contribution is -0.114. The second-order valence-electron chi connectivity index (χ2n) is 9.13. The minimum atomic E-state index is -4.65. The van der Waals surface area contributed by atoms with Crippen LogP contribution in [0.4, 0.5) is 18.9 Å². The van der Waals surface area contributed by atoms with Gasteiger partial charge in [-0.15, -0.1) is 0 Å². The van der Waals surface area contributed by atoms with E-state index >= 15 is 0 Å². The number of esters is 1. The molecule has 0 bridgehead atoms. The third-order valence-corrected chi connectivity index (χ3v) is 6.92. The van der Waals surface area contributed by atoms with Gasteiger partial charge >= 0.3 is 12.1 Å². The zero-order valence-electron chi connectivity index (χ0n) is 19.3. The third-order valence-electron chi connectivity index (χ3n) is 5.22. The van der Waals surface area contributed by atoms with E-state index < -0.39 is 37.3 Å². The number of nitrogens with one attached hydrogen (secondary N) is 2. The van der Waals surface area contributed by atoms with E-state index in [2.05, 4.69) is 30.3 Å². The third kappa shape index (κ3) is 6.60. The normalized spacial score (nSPS) is 13.9. The molecule has 0 saturated heterocycles. The summed E-state index contributed by atoms with van der Waals surface area (Å²) in [6, 6.07) is 14.5. The Kier molecular flexibility index (Phi) is 7.66. The monoisotopic (exact) mass is 488 g/mol. The zero-order chi connectivity index (χ0) is 24.9. The van der Waals surface area contributed by atoms with Crippen molar-refractivity contribution in [2.45, 2.75) is 31.9 Å². The topological polar surface area (TPSA) is 67.4 Å². The van der Waals surface area contributed by atoms with E-state index in [1.165, 1.54) is 12.1 Å². The van der Waals surface area contributed by atoms with Gasteiger partial charge in [0.1, 0.15) is 0 Å². The van der Waals surface area contributed by atoms with Crippen molar-refractivity contribution < 1.29 is 27.5 Å². The SMILES string of the molecule is C[Si](C)(C)CCOC(=O)c1ccc(NC(=O)C2=C(C(F)(F)F)C=CNC2)cc1-c1ccccc1. The van der Waals surface area contributed by atoms with Crippen LogP contribution in [0.1, 0.15) is 10.4 Å². The maximum atomic E-state index is 13.3. The highest BCUT2D eigenvalue weighted by Gasteiger charge is 2.37. The molecule has 3 rings (SSSR count). The molecular weight excluding hydrogens is 461 g/mol. The highest BCUT2D eigenvalue weighted by molar-refractivity contribution is 6.76. The maximum absolute atomic E-state index is 13.3. The largest absolute Gasteiger partial charge is 0.462 e. The van der Waals surface area contributed by atoms with Gasteiger partial charge < -0.3 is 15.4 Å². The molecule has 0 unspecified atom stereocenters. The van der Waals surface area contributed by atoms with Crippen LogP contribution in [0.25, 0.3) is 11.1 Å². The van der Waals surface area contributed by atoms with E-state index in [0.29, 0.717) is 23.3 Å². The molecule has 1 aliphatic rings. The molecule has 1 aliphatic heterocycles. The van der Waals surface area contributed by atoms with Crippen LogP contribution in [0.2, 0.25) is 25.7 Å². The summed E-state index contributed by atoms with van der Waals surface area (Å²) >= 11 is 0. The van der Waals surface area contributed by atoms with Crippen LogP contribution < -0.4 is 10.6 Å². The Morgan fingerprint density at radius 1 is 1.09 bits per heavy atom. The highest BCUT2D eigenvalue weighted by atomic mass is 28.3. The van der Waals surface area contributed by atoms with Crippen LogP contribution in [-0.2, 0) is 9.53 Å². The number of carbonyl (C=O) groups excluding carboxylic acids is 2. The number of hydrogen-bond acceptors (Lipinski definition) is 4. The molecule has 0 saturated carbocycles. The first kappa shape index (κ1) is 25.3. The van der Waals surface area contributed by atoms with E-state index in [9.17, 15) is 22.8 Å². The van der Waals surface area contributed by atoms with Gasteiger partial charge in [0.15, 0.2) is 0 Å². The Morgan fingerprint density at radius 3 is 2.44 bits per heavy atom. The molecule has 0 atom stereocenters. The summed E-state index contributed by atoms with van der Waals surface area (Å²) < 4.78 is 45.5. The lowest BCUT2D eigenvalue weighted by atomic mass is 9.98. The van der Waals surface area contributed by atoms with Crippen molar-refractivity contribution in [3.8, 4) is 11.1 Å². The summed E-state index contributed by atoms with van der Waals surface area (Å²) in [4.78, 5) is 25.5. The summed E-state index contributed by atoms with van der Waals surface area (Å²) in [7, 11) is -1.38. The van der Waals surface area contributed by atoms with Gasteiger partial charge in [0, 0.05) is 25.9 Å². The molecule has 180 valence electrons. The Labute approximate surface area is 197 Å². The van der Waals surface area contributed by atoms with Crippen molar-refractivity contribution in [2.24, 2.45) is 0 Å². The fourth-order valence-corrected chi connectivity index (χ4v) is 4.07. The molecule has 5 nitrogen and oxygen atoms in total. The van der Waals surface area contributed by atoms with Crippen molar-refractivity contribution in [2.75, 3.05) is 18.5 Å². The number of halogens is 3. The molecule has 1 amide bonds. The summed E-state index contributed by atoms with van der Waals surface area (Å²) in [5, 5.41) is 5.17. The summed E-state index contributed by atoms with van der Waals surface area (Å²) in [6.45, 7) is 6.63. The number of alkyl halides is 3. The smallest absolute Gasteiger partial charge is 0.416 e. The van der Waals surface area contributed by atoms with Crippen LogP contribution >= 0.6 is 0 Å². The molecule has 2 aromatic rings. The molecule has 1 heterocycles. The number of anilines is 1. The average Bonchev–Trinajstić information content (AvgIpc) is 2.78. The van der Waals surface area contributed by atoms with E-state index in [-0.39, 0.29) is 12.2 Å². The van der Waals surface area contributed by atoms with Crippen molar-refractivity contribution in [1.29, 1.82) is 0 Å². The minimum absolute atomic E-state index is 0.246.